The normalized spacial score (nSPS) is 18.8. The summed E-state index contributed by atoms with van der Waals surface area (Å²) >= 11 is 0. The van der Waals surface area contributed by atoms with Crippen molar-refractivity contribution in [1.29, 1.82) is 0 Å². The van der Waals surface area contributed by atoms with Crippen molar-refractivity contribution in [3.8, 4) is 0 Å². The van der Waals surface area contributed by atoms with E-state index in [4.69, 9.17) is 0 Å². The highest BCUT2D eigenvalue weighted by Crippen LogP contribution is 2.36. The number of fused-ring (bicyclic) bond motifs is 4. The van der Waals surface area contributed by atoms with Gasteiger partial charge in [0.2, 0.25) is 0 Å². The molecule has 0 spiro atoms. The van der Waals surface area contributed by atoms with Gasteiger partial charge in [-0.15, -0.1) is 0 Å². The third-order valence-corrected chi connectivity index (χ3v) is 8.33. The van der Waals surface area contributed by atoms with Gasteiger partial charge >= 0.3 is 12.1 Å². The number of alkyl halides is 3. The van der Waals surface area contributed by atoms with Crippen molar-refractivity contribution >= 4 is 27.6 Å². The zero-order valence-corrected chi connectivity index (χ0v) is 21.0. The van der Waals surface area contributed by atoms with Gasteiger partial charge < -0.3 is 14.6 Å². The number of amides is 1. The molecule has 1 fully saturated rings. The van der Waals surface area contributed by atoms with Crippen LogP contribution in [0.5, 0.6) is 0 Å². The van der Waals surface area contributed by atoms with Crippen LogP contribution >= 0.6 is 0 Å². The number of sulfonamides is 1. The summed E-state index contributed by atoms with van der Waals surface area (Å²) in [6.45, 7) is 0.808. The first-order valence-electron chi connectivity index (χ1n) is 11.9. The Kier molecular flexibility index (Phi) is 6.49. The minimum absolute atomic E-state index is 0.00457. The number of halogens is 3. The number of rotatable bonds is 5. The molecule has 2 unspecified atom stereocenters. The van der Waals surface area contributed by atoms with Crippen LogP contribution in [0.3, 0.4) is 0 Å². The molecule has 9 nitrogen and oxygen atoms in total. The summed E-state index contributed by atoms with van der Waals surface area (Å²) in [4.78, 5) is 38.7. The number of hydrogen-bond donors (Lipinski definition) is 2. The first-order chi connectivity index (χ1) is 18.3. The lowest BCUT2D eigenvalue weighted by Crippen LogP contribution is -2.49. The summed E-state index contributed by atoms with van der Waals surface area (Å²) in [6.07, 6.45) is -4.03. The molecule has 0 radical (unpaired) electrons. The molecule has 3 heterocycles. The second-order valence-corrected chi connectivity index (χ2v) is 11.3. The van der Waals surface area contributed by atoms with Crippen LogP contribution < -0.4 is 10.3 Å². The Bertz CT molecular complexity index is 1650. The number of carbonyl (C=O) groups excluding carboxylic acids is 1. The molecule has 13 heteroatoms. The maximum atomic E-state index is 13.2. The molecule has 0 saturated carbocycles. The standard InChI is InChI=1S/C26H22F3N3O6S/c27-26(28,29)19-5-2-6-20(11-19)39(37,38)30-21-7-8-22-18-9-15(13-32(22)24(21)34)12-31(14-18)23(33)16-3-1-4-17(10-16)25(35)36/h1-8,10-11,15,18,30H,9,12-14H2,(H,35,36). The Morgan fingerprint density at radius 1 is 0.949 bits per heavy atom. The molecule has 204 valence electrons. The fraction of sp³-hybridized carbons (Fsp3) is 0.269. The number of carboxylic acids is 1. The van der Waals surface area contributed by atoms with E-state index in [9.17, 15) is 41.1 Å². The van der Waals surface area contributed by atoms with Gasteiger partial charge in [0.25, 0.3) is 21.5 Å². The van der Waals surface area contributed by atoms with E-state index in [0.717, 1.165) is 18.2 Å². The summed E-state index contributed by atoms with van der Waals surface area (Å²) < 4.78 is 68.3. The molecule has 2 atom stereocenters. The number of aromatic nitrogens is 1. The number of hydrogen-bond acceptors (Lipinski definition) is 5. The molecular formula is C26H22F3N3O6S. The number of nitrogens with one attached hydrogen (secondary N) is 1. The summed E-state index contributed by atoms with van der Waals surface area (Å²) in [6, 6.07) is 11.8. The first-order valence-corrected chi connectivity index (χ1v) is 13.4. The van der Waals surface area contributed by atoms with E-state index in [-0.39, 0.29) is 47.6 Å². The maximum absolute atomic E-state index is 13.2. The number of aromatic carboxylic acids is 1. The number of pyridine rings is 1. The van der Waals surface area contributed by atoms with E-state index in [2.05, 4.69) is 4.72 Å². The molecule has 2 aliphatic rings. The molecule has 1 amide bonds. The Morgan fingerprint density at radius 3 is 2.38 bits per heavy atom. The Labute approximate surface area is 220 Å². The molecule has 1 aromatic heterocycles. The van der Waals surface area contributed by atoms with Gasteiger partial charge in [0, 0.05) is 36.8 Å². The second kappa shape index (κ2) is 9.56. The number of nitrogens with zero attached hydrogens (tertiary/aromatic N) is 2. The van der Waals surface area contributed by atoms with Crippen LogP contribution in [-0.2, 0) is 22.7 Å². The Morgan fingerprint density at radius 2 is 1.67 bits per heavy atom. The summed E-state index contributed by atoms with van der Waals surface area (Å²) in [5.41, 5.74) is -1.22. The van der Waals surface area contributed by atoms with Crippen LogP contribution in [0, 0.1) is 5.92 Å². The number of carboxylic acid groups (broad SMARTS) is 1. The van der Waals surface area contributed by atoms with E-state index >= 15 is 0 Å². The van der Waals surface area contributed by atoms with Crippen molar-refractivity contribution in [2.45, 2.75) is 30.0 Å². The lowest BCUT2D eigenvalue weighted by Gasteiger charge is -2.43. The van der Waals surface area contributed by atoms with Gasteiger partial charge in [-0.1, -0.05) is 12.1 Å². The molecule has 3 aromatic rings. The van der Waals surface area contributed by atoms with E-state index in [1.54, 1.807) is 17.0 Å². The van der Waals surface area contributed by atoms with E-state index in [1.807, 2.05) is 0 Å². The predicted molar refractivity (Wildman–Crippen MR) is 133 cm³/mol. The van der Waals surface area contributed by atoms with Gasteiger partial charge in [-0.05, 0) is 60.9 Å². The average molecular weight is 562 g/mol. The lowest BCUT2D eigenvalue weighted by molar-refractivity contribution is -0.137. The monoisotopic (exact) mass is 561 g/mol. The van der Waals surface area contributed by atoms with Gasteiger partial charge in [-0.2, -0.15) is 13.2 Å². The first kappa shape index (κ1) is 26.5. The SMILES string of the molecule is O=C(O)c1cccc(C(=O)N2CC3CC(C2)c2ccc(NS(=O)(=O)c4cccc(C(F)(F)F)c4)c(=O)n2C3)c1. The van der Waals surface area contributed by atoms with Crippen molar-refractivity contribution in [3.05, 3.63) is 93.4 Å². The largest absolute Gasteiger partial charge is 0.478 e. The minimum Gasteiger partial charge on any atom is -0.478 e. The molecule has 2 aromatic carbocycles. The van der Waals surface area contributed by atoms with Crippen LogP contribution in [0.2, 0.25) is 0 Å². The molecule has 2 N–H and O–H groups in total. The van der Waals surface area contributed by atoms with Gasteiger partial charge in [-0.3, -0.25) is 14.3 Å². The van der Waals surface area contributed by atoms with Crippen LogP contribution in [0.4, 0.5) is 18.9 Å². The second-order valence-electron chi connectivity index (χ2n) is 9.61. The highest BCUT2D eigenvalue weighted by Gasteiger charge is 2.37. The minimum atomic E-state index is -4.73. The predicted octanol–water partition coefficient (Wildman–Crippen LogP) is 3.63. The van der Waals surface area contributed by atoms with Gasteiger partial charge in [0.05, 0.1) is 16.0 Å². The van der Waals surface area contributed by atoms with Crippen LogP contribution in [0.25, 0.3) is 0 Å². The zero-order valence-electron chi connectivity index (χ0n) is 20.2. The molecule has 2 aliphatic heterocycles. The van der Waals surface area contributed by atoms with Crippen LogP contribution in [0.15, 0.2) is 70.4 Å². The van der Waals surface area contributed by atoms with E-state index in [1.165, 1.54) is 28.8 Å². The van der Waals surface area contributed by atoms with Crippen molar-refractivity contribution in [2.24, 2.45) is 5.92 Å². The fourth-order valence-electron chi connectivity index (χ4n) is 5.20. The fourth-order valence-corrected chi connectivity index (χ4v) is 6.30. The molecule has 2 bridgehead atoms. The molecule has 5 rings (SSSR count). The number of carbonyl (C=O) groups is 2. The van der Waals surface area contributed by atoms with Crippen molar-refractivity contribution < 1.29 is 36.3 Å². The Balaban J connectivity index is 1.39. The Hall–Kier alpha value is -4.13. The third-order valence-electron chi connectivity index (χ3n) is 6.96. The quantitative estimate of drug-likeness (QED) is 0.490. The van der Waals surface area contributed by atoms with Crippen molar-refractivity contribution in [1.82, 2.24) is 9.47 Å². The van der Waals surface area contributed by atoms with E-state index in [0.29, 0.717) is 24.7 Å². The van der Waals surface area contributed by atoms with Crippen LogP contribution in [0.1, 0.15) is 44.3 Å². The zero-order chi connectivity index (χ0) is 28.1. The summed E-state index contributed by atoms with van der Waals surface area (Å²) in [5, 5.41) is 9.22. The average Bonchev–Trinajstić information content (AvgIpc) is 2.89. The number of benzene rings is 2. The topological polar surface area (TPSA) is 126 Å². The molecule has 39 heavy (non-hydrogen) atoms. The number of anilines is 1. The number of likely N-dealkylation sites (tertiary alicyclic amines) is 1. The van der Waals surface area contributed by atoms with E-state index < -0.39 is 38.2 Å². The van der Waals surface area contributed by atoms with Gasteiger partial charge in [0.1, 0.15) is 5.69 Å². The van der Waals surface area contributed by atoms with Crippen LogP contribution in [-0.4, -0.2) is 48.0 Å². The molecule has 0 aliphatic carbocycles. The van der Waals surface area contributed by atoms with Crippen molar-refractivity contribution in [3.63, 3.8) is 0 Å². The van der Waals surface area contributed by atoms with Gasteiger partial charge in [-0.25, -0.2) is 13.2 Å². The number of piperidine rings is 1. The molecular weight excluding hydrogens is 539 g/mol. The molecule has 1 saturated heterocycles. The smallest absolute Gasteiger partial charge is 0.416 e. The van der Waals surface area contributed by atoms with Gasteiger partial charge in [0.15, 0.2) is 0 Å². The highest BCUT2D eigenvalue weighted by atomic mass is 32.2. The highest BCUT2D eigenvalue weighted by molar-refractivity contribution is 7.92. The third kappa shape index (κ3) is 5.13. The maximum Gasteiger partial charge on any atom is 0.416 e. The summed E-state index contributed by atoms with van der Waals surface area (Å²) in [5.74, 6) is -1.80. The van der Waals surface area contributed by atoms with Crippen molar-refractivity contribution in [2.75, 3.05) is 17.8 Å². The summed E-state index contributed by atoms with van der Waals surface area (Å²) in [7, 11) is -4.48. The lowest BCUT2D eigenvalue weighted by atomic mass is 9.83.